The molecule has 0 bridgehead atoms. The summed E-state index contributed by atoms with van der Waals surface area (Å²) >= 11 is 0. The van der Waals surface area contributed by atoms with Crippen LogP contribution in [0.2, 0.25) is 0 Å². The highest BCUT2D eigenvalue weighted by atomic mass is 16.5. The lowest BCUT2D eigenvalue weighted by molar-refractivity contribution is 0.101. The van der Waals surface area contributed by atoms with Gasteiger partial charge in [0.25, 0.3) is 0 Å². The minimum Gasteiger partial charge on any atom is -0.508 e. The molecular formula is C17H19NO3. The molecule has 0 saturated heterocycles. The van der Waals surface area contributed by atoms with Crippen LogP contribution in [0.25, 0.3) is 0 Å². The number of ether oxygens (including phenoxy) is 1. The van der Waals surface area contributed by atoms with E-state index in [1.807, 2.05) is 36.2 Å². The van der Waals surface area contributed by atoms with Gasteiger partial charge in [0.05, 0.1) is 12.8 Å². The van der Waals surface area contributed by atoms with Crippen molar-refractivity contribution >= 4 is 11.5 Å². The number of carbonyl (C=O) groups excluding carboxylic acids is 1. The molecule has 4 heteroatoms. The van der Waals surface area contributed by atoms with E-state index < -0.39 is 0 Å². The molecule has 2 aromatic rings. The van der Waals surface area contributed by atoms with Crippen molar-refractivity contribution in [3.05, 3.63) is 53.6 Å². The van der Waals surface area contributed by atoms with Crippen LogP contribution in [-0.2, 0) is 6.54 Å². The molecule has 2 aromatic carbocycles. The summed E-state index contributed by atoms with van der Waals surface area (Å²) in [6, 6.07) is 12.6. The van der Waals surface area contributed by atoms with E-state index in [9.17, 15) is 9.90 Å². The minimum atomic E-state index is -0.0174. The van der Waals surface area contributed by atoms with Crippen LogP contribution in [0.3, 0.4) is 0 Å². The first-order valence-corrected chi connectivity index (χ1v) is 6.70. The predicted octanol–water partition coefficient (Wildman–Crippen LogP) is 3.24. The van der Waals surface area contributed by atoms with E-state index in [1.54, 1.807) is 25.3 Å². The standard InChI is InChI=1S/C17H19NO3/c1-12(19)13-8-9-16(20)14(10-13)11-18(2)15-6-4-5-7-17(15)21-3/h4-10,20H,11H2,1-3H3. The Morgan fingerprint density at radius 1 is 1.24 bits per heavy atom. The smallest absolute Gasteiger partial charge is 0.159 e. The number of hydrogen-bond donors (Lipinski definition) is 1. The van der Waals surface area contributed by atoms with Crippen molar-refractivity contribution in [2.45, 2.75) is 13.5 Å². The van der Waals surface area contributed by atoms with Gasteiger partial charge >= 0.3 is 0 Å². The molecular weight excluding hydrogens is 266 g/mol. The maximum atomic E-state index is 11.4. The third kappa shape index (κ3) is 3.34. The van der Waals surface area contributed by atoms with Crippen molar-refractivity contribution in [1.82, 2.24) is 0 Å². The van der Waals surface area contributed by atoms with Gasteiger partial charge in [0.1, 0.15) is 11.5 Å². The predicted molar refractivity (Wildman–Crippen MR) is 83.2 cm³/mol. The zero-order valence-corrected chi connectivity index (χ0v) is 12.5. The van der Waals surface area contributed by atoms with Crippen molar-refractivity contribution in [3.63, 3.8) is 0 Å². The molecule has 0 atom stereocenters. The van der Waals surface area contributed by atoms with E-state index in [0.717, 1.165) is 11.4 Å². The first-order valence-electron chi connectivity index (χ1n) is 6.70. The summed E-state index contributed by atoms with van der Waals surface area (Å²) in [5.74, 6) is 0.931. The number of phenolic OH excluding ortho intramolecular Hbond substituents is 1. The number of anilines is 1. The zero-order chi connectivity index (χ0) is 15.4. The van der Waals surface area contributed by atoms with Crippen molar-refractivity contribution < 1.29 is 14.6 Å². The minimum absolute atomic E-state index is 0.0174. The van der Waals surface area contributed by atoms with Crippen LogP contribution in [0.4, 0.5) is 5.69 Å². The molecule has 2 rings (SSSR count). The summed E-state index contributed by atoms with van der Waals surface area (Å²) in [5.41, 5.74) is 2.22. The van der Waals surface area contributed by atoms with Gasteiger partial charge in [0.2, 0.25) is 0 Å². The number of ketones is 1. The van der Waals surface area contributed by atoms with Gasteiger partial charge in [-0.1, -0.05) is 12.1 Å². The Kier molecular flexibility index (Phi) is 4.48. The van der Waals surface area contributed by atoms with Crippen molar-refractivity contribution in [3.8, 4) is 11.5 Å². The van der Waals surface area contributed by atoms with Gasteiger partial charge in [-0.05, 0) is 37.3 Å². The summed E-state index contributed by atoms with van der Waals surface area (Å²) in [7, 11) is 3.54. The average Bonchev–Trinajstić information content (AvgIpc) is 2.49. The molecule has 0 aromatic heterocycles. The normalized spacial score (nSPS) is 10.2. The van der Waals surface area contributed by atoms with Crippen LogP contribution in [0.5, 0.6) is 11.5 Å². The molecule has 0 aliphatic carbocycles. The highest BCUT2D eigenvalue weighted by molar-refractivity contribution is 5.94. The van der Waals surface area contributed by atoms with Gasteiger partial charge in [-0.15, -0.1) is 0 Å². The molecule has 0 unspecified atom stereocenters. The van der Waals surface area contributed by atoms with E-state index in [4.69, 9.17) is 4.74 Å². The molecule has 21 heavy (non-hydrogen) atoms. The van der Waals surface area contributed by atoms with Crippen LogP contribution in [0.15, 0.2) is 42.5 Å². The molecule has 0 aliphatic heterocycles. The number of carbonyl (C=O) groups is 1. The molecule has 0 fully saturated rings. The van der Waals surface area contributed by atoms with Crippen molar-refractivity contribution in [2.24, 2.45) is 0 Å². The quantitative estimate of drug-likeness (QED) is 0.857. The van der Waals surface area contributed by atoms with Crippen LogP contribution in [0, 0.1) is 0 Å². The topological polar surface area (TPSA) is 49.8 Å². The van der Waals surface area contributed by atoms with Gasteiger partial charge in [-0.25, -0.2) is 0 Å². The fraction of sp³-hybridized carbons (Fsp3) is 0.235. The number of benzene rings is 2. The Balaban J connectivity index is 2.29. The zero-order valence-electron chi connectivity index (χ0n) is 12.5. The Morgan fingerprint density at radius 2 is 1.95 bits per heavy atom. The largest absolute Gasteiger partial charge is 0.508 e. The molecule has 0 saturated carbocycles. The molecule has 110 valence electrons. The lowest BCUT2D eigenvalue weighted by Crippen LogP contribution is -2.17. The van der Waals surface area contributed by atoms with Crippen molar-refractivity contribution in [1.29, 1.82) is 0 Å². The number of rotatable bonds is 5. The second-order valence-corrected chi connectivity index (χ2v) is 4.93. The second-order valence-electron chi connectivity index (χ2n) is 4.93. The summed E-state index contributed by atoms with van der Waals surface area (Å²) in [6.07, 6.45) is 0. The van der Waals surface area contributed by atoms with Gasteiger partial charge in [0.15, 0.2) is 5.78 Å². The fourth-order valence-corrected chi connectivity index (χ4v) is 2.22. The number of methoxy groups -OCH3 is 1. The molecule has 0 radical (unpaired) electrons. The molecule has 1 N–H and O–H groups in total. The molecule has 0 amide bonds. The Hall–Kier alpha value is -2.49. The van der Waals surface area contributed by atoms with Gasteiger partial charge < -0.3 is 14.7 Å². The number of para-hydroxylation sites is 2. The number of phenols is 1. The average molecular weight is 285 g/mol. The van der Waals surface area contributed by atoms with Crippen LogP contribution < -0.4 is 9.64 Å². The monoisotopic (exact) mass is 285 g/mol. The fourth-order valence-electron chi connectivity index (χ4n) is 2.22. The Bertz CT molecular complexity index is 652. The van der Waals surface area contributed by atoms with Gasteiger partial charge in [-0.3, -0.25) is 4.79 Å². The van der Waals surface area contributed by atoms with Crippen LogP contribution in [0.1, 0.15) is 22.8 Å². The third-order valence-corrected chi connectivity index (χ3v) is 3.39. The summed E-state index contributed by atoms with van der Waals surface area (Å²) in [6.45, 7) is 1.99. The van der Waals surface area contributed by atoms with E-state index in [1.165, 1.54) is 6.92 Å². The van der Waals surface area contributed by atoms with E-state index in [2.05, 4.69) is 0 Å². The Labute approximate surface area is 124 Å². The number of aromatic hydroxyl groups is 1. The summed E-state index contributed by atoms with van der Waals surface area (Å²) in [4.78, 5) is 13.4. The van der Waals surface area contributed by atoms with Crippen LogP contribution in [-0.4, -0.2) is 25.0 Å². The van der Waals surface area contributed by atoms with E-state index in [0.29, 0.717) is 17.7 Å². The second kappa shape index (κ2) is 6.31. The SMILES string of the molecule is COc1ccccc1N(C)Cc1cc(C(C)=O)ccc1O. The molecule has 4 nitrogen and oxygen atoms in total. The molecule has 0 aliphatic rings. The first-order chi connectivity index (χ1) is 10.0. The number of nitrogens with zero attached hydrogens (tertiary/aromatic N) is 1. The molecule has 0 spiro atoms. The van der Waals surface area contributed by atoms with Gasteiger partial charge in [0, 0.05) is 24.7 Å². The summed E-state index contributed by atoms with van der Waals surface area (Å²) < 4.78 is 5.34. The number of hydrogen-bond acceptors (Lipinski definition) is 4. The number of Topliss-reactive ketones (excluding diaryl/α,β-unsaturated/α-hetero) is 1. The lowest BCUT2D eigenvalue weighted by atomic mass is 10.1. The third-order valence-electron chi connectivity index (χ3n) is 3.39. The van der Waals surface area contributed by atoms with Crippen molar-refractivity contribution in [2.75, 3.05) is 19.1 Å². The van der Waals surface area contributed by atoms with E-state index in [-0.39, 0.29) is 11.5 Å². The first kappa shape index (κ1) is 14.9. The maximum Gasteiger partial charge on any atom is 0.159 e. The van der Waals surface area contributed by atoms with Crippen LogP contribution >= 0.6 is 0 Å². The highest BCUT2D eigenvalue weighted by Gasteiger charge is 2.11. The molecule has 0 heterocycles. The van der Waals surface area contributed by atoms with E-state index >= 15 is 0 Å². The highest BCUT2D eigenvalue weighted by Crippen LogP contribution is 2.29. The lowest BCUT2D eigenvalue weighted by Gasteiger charge is -2.22. The van der Waals surface area contributed by atoms with Gasteiger partial charge in [-0.2, -0.15) is 0 Å². The Morgan fingerprint density at radius 3 is 2.62 bits per heavy atom. The summed E-state index contributed by atoms with van der Waals surface area (Å²) in [5, 5.41) is 9.97. The maximum absolute atomic E-state index is 11.4.